The molecule has 1 rings (SSSR count). The maximum atomic E-state index is 12.3. The van der Waals surface area contributed by atoms with E-state index in [0.29, 0.717) is 0 Å². The first-order valence-corrected chi connectivity index (χ1v) is 3.73. The van der Waals surface area contributed by atoms with Crippen molar-refractivity contribution in [2.45, 2.75) is 12.2 Å². The smallest absolute Gasteiger partial charge is 0.212 e. The number of rotatable bonds is 3. The molecule has 4 nitrogen and oxygen atoms in total. The summed E-state index contributed by atoms with van der Waals surface area (Å²) in [5.74, 6) is -0.658. The third-order valence-electron chi connectivity index (χ3n) is 1.64. The first kappa shape index (κ1) is 10.0. The molecule has 0 aromatic carbocycles. The minimum atomic E-state index is -1.27. The number of aliphatic hydroxyl groups excluding tert-OH is 3. The van der Waals surface area contributed by atoms with Crippen LogP contribution in [0.15, 0.2) is 18.3 Å². The van der Waals surface area contributed by atoms with Gasteiger partial charge in [-0.3, -0.25) is 0 Å². The highest BCUT2D eigenvalue weighted by Crippen LogP contribution is 2.15. The molecular weight excluding hydrogens is 177 g/mol. The van der Waals surface area contributed by atoms with Crippen molar-refractivity contribution >= 4 is 0 Å². The molecule has 0 bridgehead atoms. The molecule has 0 aliphatic rings. The third-order valence-corrected chi connectivity index (χ3v) is 1.64. The summed E-state index contributed by atoms with van der Waals surface area (Å²) >= 11 is 0. The average molecular weight is 187 g/mol. The Balaban J connectivity index is 2.77. The van der Waals surface area contributed by atoms with Gasteiger partial charge in [-0.25, -0.2) is 4.98 Å². The third kappa shape index (κ3) is 2.45. The maximum absolute atomic E-state index is 12.3. The number of hydrogen-bond acceptors (Lipinski definition) is 4. The zero-order valence-electron chi connectivity index (χ0n) is 6.76. The Labute approximate surface area is 74.3 Å². The molecule has 0 fully saturated rings. The van der Waals surface area contributed by atoms with Gasteiger partial charge in [0.25, 0.3) is 0 Å². The first-order valence-electron chi connectivity index (χ1n) is 3.73. The van der Waals surface area contributed by atoms with Crippen molar-refractivity contribution in [2.75, 3.05) is 6.61 Å². The van der Waals surface area contributed by atoms with Crippen molar-refractivity contribution in [2.24, 2.45) is 0 Å². The number of pyridine rings is 1. The summed E-state index contributed by atoms with van der Waals surface area (Å²) in [4.78, 5) is 3.30. The minimum Gasteiger partial charge on any atom is -0.394 e. The van der Waals surface area contributed by atoms with Crippen molar-refractivity contribution in [1.82, 2.24) is 4.98 Å². The lowest BCUT2D eigenvalue weighted by Crippen LogP contribution is -2.22. The molecule has 0 saturated heterocycles. The number of aliphatic hydroxyl groups is 3. The van der Waals surface area contributed by atoms with Crippen LogP contribution in [0.25, 0.3) is 0 Å². The van der Waals surface area contributed by atoms with Gasteiger partial charge in [-0.15, -0.1) is 0 Å². The molecular formula is C8H10FNO3. The fourth-order valence-electron chi connectivity index (χ4n) is 0.884. The van der Waals surface area contributed by atoms with E-state index >= 15 is 0 Å². The monoisotopic (exact) mass is 187 g/mol. The molecule has 2 unspecified atom stereocenters. The van der Waals surface area contributed by atoms with Crippen LogP contribution < -0.4 is 0 Å². The zero-order valence-corrected chi connectivity index (χ0v) is 6.76. The van der Waals surface area contributed by atoms with Crippen LogP contribution >= 0.6 is 0 Å². The second-order valence-corrected chi connectivity index (χ2v) is 2.61. The Hall–Kier alpha value is -1.04. The van der Waals surface area contributed by atoms with E-state index in [-0.39, 0.29) is 5.56 Å². The van der Waals surface area contributed by atoms with Crippen molar-refractivity contribution in [3.63, 3.8) is 0 Å². The summed E-state index contributed by atoms with van der Waals surface area (Å²) < 4.78 is 12.3. The van der Waals surface area contributed by atoms with Gasteiger partial charge in [0.2, 0.25) is 5.95 Å². The van der Waals surface area contributed by atoms with Gasteiger partial charge in [0.1, 0.15) is 12.2 Å². The number of aromatic nitrogens is 1. The number of hydrogen-bond donors (Lipinski definition) is 3. The second-order valence-electron chi connectivity index (χ2n) is 2.61. The maximum Gasteiger partial charge on any atom is 0.212 e. The van der Waals surface area contributed by atoms with Gasteiger partial charge >= 0.3 is 0 Å². The van der Waals surface area contributed by atoms with Crippen LogP contribution in [0.1, 0.15) is 11.7 Å². The minimum absolute atomic E-state index is 0.267. The molecule has 2 atom stereocenters. The summed E-state index contributed by atoms with van der Waals surface area (Å²) in [7, 11) is 0. The van der Waals surface area contributed by atoms with Gasteiger partial charge < -0.3 is 15.3 Å². The van der Waals surface area contributed by atoms with E-state index in [9.17, 15) is 9.50 Å². The van der Waals surface area contributed by atoms with Gasteiger partial charge in [0.05, 0.1) is 6.61 Å². The van der Waals surface area contributed by atoms with Crippen molar-refractivity contribution < 1.29 is 19.7 Å². The van der Waals surface area contributed by atoms with E-state index in [1.54, 1.807) is 0 Å². The predicted molar refractivity (Wildman–Crippen MR) is 42.2 cm³/mol. The van der Waals surface area contributed by atoms with Gasteiger partial charge in [0, 0.05) is 11.8 Å². The Kier molecular flexibility index (Phi) is 3.30. The van der Waals surface area contributed by atoms with E-state index in [1.807, 2.05) is 0 Å². The molecule has 13 heavy (non-hydrogen) atoms. The van der Waals surface area contributed by atoms with Gasteiger partial charge in [-0.1, -0.05) is 6.07 Å². The lowest BCUT2D eigenvalue weighted by atomic mass is 10.1. The van der Waals surface area contributed by atoms with Gasteiger partial charge in [-0.05, 0) is 6.07 Å². The zero-order chi connectivity index (χ0) is 9.84. The SMILES string of the molecule is OCC(O)C(O)c1ccc(F)nc1. The lowest BCUT2D eigenvalue weighted by Gasteiger charge is -2.14. The van der Waals surface area contributed by atoms with Crippen LogP contribution in [0.4, 0.5) is 4.39 Å². The number of halogens is 1. The topological polar surface area (TPSA) is 73.6 Å². The Bertz CT molecular complexity index is 265. The number of nitrogens with zero attached hydrogens (tertiary/aromatic N) is 1. The molecule has 0 spiro atoms. The van der Waals surface area contributed by atoms with E-state index in [1.165, 1.54) is 6.07 Å². The second kappa shape index (κ2) is 4.27. The van der Waals surface area contributed by atoms with Crippen molar-refractivity contribution in [3.05, 3.63) is 29.8 Å². The van der Waals surface area contributed by atoms with Crippen molar-refractivity contribution in [3.8, 4) is 0 Å². The molecule has 0 saturated carbocycles. The highest BCUT2D eigenvalue weighted by Gasteiger charge is 2.17. The van der Waals surface area contributed by atoms with Crippen LogP contribution in [0.2, 0.25) is 0 Å². The van der Waals surface area contributed by atoms with Gasteiger partial charge in [0.15, 0.2) is 0 Å². The average Bonchev–Trinajstić information content (AvgIpc) is 2.17. The molecule has 0 aliphatic carbocycles. The normalized spacial score (nSPS) is 15.4. The molecule has 0 aliphatic heterocycles. The molecule has 1 heterocycles. The molecule has 0 amide bonds. The highest BCUT2D eigenvalue weighted by atomic mass is 19.1. The fraction of sp³-hybridized carbons (Fsp3) is 0.375. The van der Waals surface area contributed by atoms with Crippen molar-refractivity contribution in [1.29, 1.82) is 0 Å². The molecule has 1 aromatic heterocycles. The lowest BCUT2D eigenvalue weighted by molar-refractivity contribution is -0.0154. The summed E-state index contributed by atoms with van der Waals surface area (Å²) in [6.07, 6.45) is -1.40. The van der Waals surface area contributed by atoms with Gasteiger partial charge in [-0.2, -0.15) is 4.39 Å². The largest absolute Gasteiger partial charge is 0.394 e. The van der Waals surface area contributed by atoms with E-state index in [4.69, 9.17) is 10.2 Å². The van der Waals surface area contributed by atoms with Crippen LogP contribution in [0, 0.1) is 5.95 Å². The summed E-state index contributed by atoms with van der Waals surface area (Å²) in [6.45, 7) is -0.557. The Morgan fingerprint density at radius 2 is 2.08 bits per heavy atom. The quantitative estimate of drug-likeness (QED) is 0.563. The van der Waals surface area contributed by atoms with E-state index in [0.717, 1.165) is 12.3 Å². The van der Waals surface area contributed by atoms with E-state index in [2.05, 4.69) is 4.98 Å². The first-order chi connectivity index (χ1) is 6.15. The van der Waals surface area contributed by atoms with Crippen LogP contribution in [0.3, 0.4) is 0 Å². The standard InChI is InChI=1S/C8H10FNO3/c9-7-2-1-5(3-10-7)8(13)6(12)4-11/h1-3,6,8,11-13H,4H2. The summed E-state index contributed by atoms with van der Waals surface area (Å²) in [6, 6.07) is 2.37. The molecule has 72 valence electrons. The van der Waals surface area contributed by atoms with Crippen LogP contribution in [-0.4, -0.2) is 33.0 Å². The van der Waals surface area contributed by atoms with Crippen LogP contribution in [-0.2, 0) is 0 Å². The Morgan fingerprint density at radius 3 is 2.54 bits per heavy atom. The Morgan fingerprint density at radius 1 is 1.38 bits per heavy atom. The highest BCUT2D eigenvalue weighted by molar-refractivity contribution is 5.13. The van der Waals surface area contributed by atoms with Crippen LogP contribution in [0.5, 0.6) is 0 Å². The fourth-order valence-corrected chi connectivity index (χ4v) is 0.884. The summed E-state index contributed by atoms with van der Waals surface area (Å²) in [5, 5.41) is 26.9. The molecule has 5 heteroatoms. The van der Waals surface area contributed by atoms with E-state index < -0.39 is 24.8 Å². The predicted octanol–water partition coefficient (Wildman–Crippen LogP) is -0.393. The molecule has 1 aromatic rings. The molecule has 3 N–H and O–H groups in total. The summed E-state index contributed by atoms with van der Waals surface area (Å²) in [5.41, 5.74) is 0.267. The molecule has 0 radical (unpaired) electrons.